The monoisotopic (exact) mass is 263 g/mol. The highest BCUT2D eigenvalue weighted by molar-refractivity contribution is 9.10. The molecule has 0 bridgehead atoms. The van der Waals surface area contributed by atoms with Crippen LogP contribution in [0.1, 0.15) is 0 Å². The van der Waals surface area contributed by atoms with Gasteiger partial charge in [0.15, 0.2) is 0 Å². The van der Waals surface area contributed by atoms with Crippen LogP contribution in [-0.2, 0) is 0 Å². The van der Waals surface area contributed by atoms with Gasteiger partial charge in [-0.3, -0.25) is 0 Å². The number of halogens is 3. The zero-order chi connectivity index (χ0) is 9.68. The summed E-state index contributed by atoms with van der Waals surface area (Å²) in [6, 6.07) is 4.73. The van der Waals surface area contributed by atoms with Gasteiger partial charge in [0, 0.05) is 16.6 Å². The minimum Gasteiger partial charge on any atom is -0.379 e. The van der Waals surface area contributed by atoms with Crippen molar-refractivity contribution in [2.75, 3.05) is 11.9 Å². The van der Waals surface area contributed by atoms with Gasteiger partial charge in [-0.1, -0.05) is 33.6 Å². The van der Waals surface area contributed by atoms with Crippen molar-refractivity contribution in [1.82, 2.24) is 0 Å². The third kappa shape index (κ3) is 3.36. The fourth-order valence-electron chi connectivity index (χ4n) is 0.846. The van der Waals surface area contributed by atoms with Gasteiger partial charge in [0.2, 0.25) is 0 Å². The van der Waals surface area contributed by atoms with Crippen molar-refractivity contribution in [3.63, 3.8) is 0 Å². The van der Waals surface area contributed by atoms with Gasteiger partial charge in [0.05, 0.1) is 5.69 Å². The third-order valence-corrected chi connectivity index (χ3v) is 2.10. The molecule has 1 aromatic carbocycles. The smallest absolute Gasteiger partial charge is 0.146 e. The highest BCUT2D eigenvalue weighted by Gasteiger charge is 1.99. The minimum atomic E-state index is -0.272. The molecule has 0 aliphatic carbocycles. The van der Waals surface area contributed by atoms with Crippen LogP contribution in [-0.4, -0.2) is 6.54 Å². The molecule has 70 valence electrons. The van der Waals surface area contributed by atoms with Crippen molar-refractivity contribution in [3.05, 3.63) is 40.1 Å². The number of hydrogen-bond acceptors (Lipinski definition) is 1. The second-order valence-electron chi connectivity index (χ2n) is 2.37. The molecule has 0 unspecified atom stereocenters. The van der Waals surface area contributed by atoms with E-state index in [2.05, 4.69) is 21.2 Å². The first-order chi connectivity index (χ1) is 6.24. The normalized spacial score (nSPS) is 10.7. The lowest BCUT2D eigenvalue weighted by molar-refractivity contribution is 0.630. The average Bonchev–Trinajstić information content (AvgIpc) is 2.11. The Morgan fingerprint density at radius 3 is 3.00 bits per heavy atom. The summed E-state index contributed by atoms with van der Waals surface area (Å²) in [6.07, 6.45) is 1.70. The van der Waals surface area contributed by atoms with Crippen LogP contribution in [0.25, 0.3) is 0 Å². The second kappa shape index (κ2) is 5.25. The molecule has 1 N–H and O–H groups in total. The molecule has 0 heterocycles. The molecule has 0 saturated carbocycles. The molecular weight excluding hydrogens is 256 g/mol. The number of hydrogen-bond donors (Lipinski definition) is 1. The first-order valence-electron chi connectivity index (χ1n) is 3.68. The van der Waals surface area contributed by atoms with Crippen LogP contribution in [0.5, 0.6) is 0 Å². The van der Waals surface area contributed by atoms with E-state index in [0.717, 1.165) is 4.47 Å². The van der Waals surface area contributed by atoms with Gasteiger partial charge in [-0.15, -0.1) is 0 Å². The Balaban J connectivity index is 2.69. The maximum atomic E-state index is 13.1. The molecule has 1 rings (SSSR count). The van der Waals surface area contributed by atoms with Gasteiger partial charge in [0.1, 0.15) is 5.82 Å². The van der Waals surface area contributed by atoms with Crippen molar-refractivity contribution in [1.29, 1.82) is 0 Å². The van der Waals surface area contributed by atoms with Crippen LogP contribution in [0.15, 0.2) is 34.3 Å². The van der Waals surface area contributed by atoms with Crippen molar-refractivity contribution in [2.24, 2.45) is 0 Å². The Morgan fingerprint density at radius 1 is 1.54 bits per heavy atom. The Bertz CT molecular complexity index is 314. The second-order valence-corrected chi connectivity index (χ2v) is 3.53. The molecule has 0 aliphatic rings. The van der Waals surface area contributed by atoms with E-state index in [1.54, 1.807) is 18.2 Å². The van der Waals surface area contributed by atoms with Crippen LogP contribution in [0, 0.1) is 5.82 Å². The summed E-state index contributed by atoms with van der Waals surface area (Å²) in [4.78, 5) is 0. The lowest BCUT2D eigenvalue weighted by Gasteiger charge is -2.04. The van der Waals surface area contributed by atoms with E-state index in [4.69, 9.17) is 11.6 Å². The summed E-state index contributed by atoms with van der Waals surface area (Å²) in [7, 11) is 0. The van der Waals surface area contributed by atoms with Crippen LogP contribution in [0.4, 0.5) is 10.1 Å². The standard InChI is InChI=1S/C9H8BrClFN/c10-7-2-3-8(12)9(6-7)13-5-1-4-11/h1-4,6,13H,5H2/b4-1+. The molecule has 0 aromatic heterocycles. The van der Waals surface area contributed by atoms with E-state index < -0.39 is 0 Å². The van der Waals surface area contributed by atoms with Crippen LogP contribution >= 0.6 is 27.5 Å². The Morgan fingerprint density at radius 2 is 2.31 bits per heavy atom. The largest absolute Gasteiger partial charge is 0.379 e. The van der Waals surface area contributed by atoms with Gasteiger partial charge < -0.3 is 5.32 Å². The topological polar surface area (TPSA) is 12.0 Å². The van der Waals surface area contributed by atoms with Crippen molar-refractivity contribution in [3.8, 4) is 0 Å². The highest BCUT2D eigenvalue weighted by Crippen LogP contribution is 2.19. The summed E-state index contributed by atoms with van der Waals surface area (Å²) >= 11 is 8.57. The minimum absolute atomic E-state index is 0.272. The highest BCUT2D eigenvalue weighted by atomic mass is 79.9. The summed E-state index contributed by atoms with van der Waals surface area (Å²) in [6.45, 7) is 0.511. The Kier molecular flexibility index (Phi) is 4.25. The van der Waals surface area contributed by atoms with E-state index in [1.165, 1.54) is 11.6 Å². The molecule has 0 atom stereocenters. The number of rotatable bonds is 3. The molecule has 0 saturated heterocycles. The predicted octanol–water partition coefficient (Wildman–Crippen LogP) is 3.75. The van der Waals surface area contributed by atoms with E-state index in [-0.39, 0.29) is 5.82 Å². The summed E-state index contributed by atoms with van der Waals surface area (Å²) in [5.74, 6) is -0.272. The summed E-state index contributed by atoms with van der Waals surface area (Å²) < 4.78 is 13.9. The van der Waals surface area contributed by atoms with Gasteiger partial charge >= 0.3 is 0 Å². The molecule has 0 radical (unpaired) electrons. The molecule has 0 aliphatic heterocycles. The molecule has 0 amide bonds. The Labute approximate surface area is 89.7 Å². The molecule has 0 spiro atoms. The molecular formula is C9H8BrClFN. The number of benzene rings is 1. The fraction of sp³-hybridized carbons (Fsp3) is 0.111. The first kappa shape index (κ1) is 10.5. The quantitative estimate of drug-likeness (QED) is 0.877. The summed E-state index contributed by atoms with van der Waals surface area (Å²) in [5, 5.41) is 2.88. The SMILES string of the molecule is Fc1ccc(Br)cc1NC/C=C/Cl. The molecule has 4 heteroatoms. The van der Waals surface area contributed by atoms with Crippen LogP contribution in [0.2, 0.25) is 0 Å². The van der Waals surface area contributed by atoms with Gasteiger partial charge in [-0.05, 0) is 18.2 Å². The average molecular weight is 265 g/mol. The van der Waals surface area contributed by atoms with Crippen molar-refractivity contribution in [2.45, 2.75) is 0 Å². The molecule has 13 heavy (non-hydrogen) atoms. The number of anilines is 1. The van der Waals surface area contributed by atoms with Crippen LogP contribution < -0.4 is 5.32 Å². The van der Waals surface area contributed by atoms with E-state index in [1.807, 2.05) is 0 Å². The zero-order valence-corrected chi connectivity index (χ0v) is 9.07. The zero-order valence-electron chi connectivity index (χ0n) is 6.73. The van der Waals surface area contributed by atoms with Crippen molar-refractivity contribution < 1.29 is 4.39 Å². The maximum Gasteiger partial charge on any atom is 0.146 e. The maximum absolute atomic E-state index is 13.1. The fourth-order valence-corrected chi connectivity index (χ4v) is 1.30. The van der Waals surface area contributed by atoms with E-state index in [0.29, 0.717) is 12.2 Å². The molecule has 1 nitrogen and oxygen atoms in total. The summed E-state index contributed by atoms with van der Waals surface area (Å²) in [5.41, 5.74) is 1.85. The lowest BCUT2D eigenvalue weighted by Crippen LogP contribution is -2.00. The van der Waals surface area contributed by atoms with E-state index in [9.17, 15) is 4.39 Å². The van der Waals surface area contributed by atoms with Crippen LogP contribution in [0.3, 0.4) is 0 Å². The van der Waals surface area contributed by atoms with E-state index >= 15 is 0 Å². The number of nitrogens with one attached hydrogen (secondary N) is 1. The van der Waals surface area contributed by atoms with Gasteiger partial charge in [-0.2, -0.15) is 0 Å². The lowest BCUT2D eigenvalue weighted by atomic mass is 10.3. The molecule has 0 fully saturated rings. The van der Waals surface area contributed by atoms with Crippen molar-refractivity contribution >= 4 is 33.2 Å². The third-order valence-electron chi connectivity index (χ3n) is 1.43. The van der Waals surface area contributed by atoms with Gasteiger partial charge in [0.25, 0.3) is 0 Å². The Hall–Kier alpha value is -0.540. The molecule has 1 aromatic rings. The first-order valence-corrected chi connectivity index (χ1v) is 4.91. The van der Waals surface area contributed by atoms with Gasteiger partial charge in [-0.25, -0.2) is 4.39 Å². The predicted molar refractivity (Wildman–Crippen MR) is 57.6 cm³/mol.